The summed E-state index contributed by atoms with van der Waals surface area (Å²) in [5.74, 6) is 0.967. The zero-order valence-electron chi connectivity index (χ0n) is 13.0. The fraction of sp³-hybridized carbons (Fsp3) is 0.647. The molecule has 1 aliphatic carbocycles. The van der Waals surface area contributed by atoms with Gasteiger partial charge in [0.05, 0.1) is 4.47 Å². The Morgan fingerprint density at radius 2 is 2.15 bits per heavy atom. The number of halogens is 1. The molecule has 1 saturated carbocycles. The van der Waals surface area contributed by atoms with Crippen molar-refractivity contribution in [3.63, 3.8) is 0 Å². The van der Waals surface area contributed by atoms with Crippen molar-refractivity contribution in [2.75, 3.05) is 6.54 Å². The maximum Gasteiger partial charge on any atom is 0.133 e. The average Bonchev–Trinajstić information content (AvgIpc) is 2.43. The van der Waals surface area contributed by atoms with Crippen LogP contribution in [0.5, 0.6) is 5.75 Å². The molecule has 112 valence electrons. The predicted octanol–water partition coefficient (Wildman–Crippen LogP) is 4.69. The van der Waals surface area contributed by atoms with Gasteiger partial charge in [0.25, 0.3) is 0 Å². The van der Waals surface area contributed by atoms with E-state index in [1.54, 1.807) is 0 Å². The topological polar surface area (TPSA) is 21.3 Å². The minimum atomic E-state index is 0.236. The van der Waals surface area contributed by atoms with Gasteiger partial charge in [0.1, 0.15) is 11.9 Å². The van der Waals surface area contributed by atoms with Gasteiger partial charge in [-0.15, -0.1) is 0 Å². The normalized spacial score (nSPS) is 29.1. The highest BCUT2D eigenvalue weighted by atomic mass is 79.9. The Bertz CT molecular complexity index is 462. The van der Waals surface area contributed by atoms with E-state index in [2.05, 4.69) is 67.1 Å². The maximum absolute atomic E-state index is 6.27. The second-order valence-corrected chi connectivity index (χ2v) is 7.00. The minimum absolute atomic E-state index is 0.236. The molecule has 0 saturated heterocycles. The molecule has 0 spiro atoms. The molecule has 0 aromatic heterocycles. The minimum Gasteiger partial charge on any atom is -0.489 e. The summed E-state index contributed by atoms with van der Waals surface area (Å²) in [7, 11) is 0. The fourth-order valence-corrected chi connectivity index (χ4v) is 3.55. The van der Waals surface area contributed by atoms with Crippen LogP contribution in [0.1, 0.15) is 45.6 Å². The van der Waals surface area contributed by atoms with E-state index in [4.69, 9.17) is 4.74 Å². The van der Waals surface area contributed by atoms with Gasteiger partial charge in [-0.2, -0.15) is 0 Å². The molecule has 1 fully saturated rings. The Hall–Kier alpha value is -0.540. The van der Waals surface area contributed by atoms with E-state index in [1.807, 2.05) is 0 Å². The van der Waals surface area contributed by atoms with Gasteiger partial charge in [-0.05, 0) is 59.9 Å². The van der Waals surface area contributed by atoms with Gasteiger partial charge >= 0.3 is 0 Å². The Kier molecular flexibility index (Phi) is 5.14. The van der Waals surface area contributed by atoms with Crippen LogP contribution >= 0.6 is 15.9 Å². The quantitative estimate of drug-likeness (QED) is 0.811. The molecule has 3 unspecified atom stereocenters. The lowest BCUT2D eigenvalue weighted by atomic mass is 9.61. The van der Waals surface area contributed by atoms with Crippen molar-refractivity contribution in [1.82, 2.24) is 5.32 Å². The third kappa shape index (κ3) is 3.04. The largest absolute Gasteiger partial charge is 0.489 e. The average molecular weight is 340 g/mol. The molecule has 3 heteroatoms. The highest BCUT2D eigenvalue weighted by Gasteiger charge is 2.51. The van der Waals surface area contributed by atoms with Crippen molar-refractivity contribution in [3.8, 4) is 5.75 Å². The fourth-order valence-electron chi connectivity index (χ4n) is 2.96. The van der Waals surface area contributed by atoms with Crippen LogP contribution in [0.15, 0.2) is 22.7 Å². The number of hydrogen-bond acceptors (Lipinski definition) is 2. The lowest BCUT2D eigenvalue weighted by molar-refractivity contribution is -0.0704. The number of ether oxygens (including phenoxy) is 1. The third-order valence-electron chi connectivity index (χ3n) is 4.74. The molecule has 20 heavy (non-hydrogen) atoms. The summed E-state index contributed by atoms with van der Waals surface area (Å²) in [6.45, 7) is 10.0. The first-order valence-electron chi connectivity index (χ1n) is 7.67. The number of benzene rings is 1. The maximum atomic E-state index is 6.27. The van der Waals surface area contributed by atoms with Crippen LogP contribution in [0.3, 0.4) is 0 Å². The number of rotatable bonds is 6. The standard InChI is InChI=1S/C17H26BrNO/c1-5-9-19-15-11-16(17(15,4)6-2)20-14-8-7-12(3)10-13(14)18/h7-8,10,15-16,19H,5-6,9,11H2,1-4H3. The van der Waals surface area contributed by atoms with Crippen molar-refractivity contribution in [2.45, 2.75) is 59.1 Å². The molecule has 0 heterocycles. The Morgan fingerprint density at radius 3 is 2.75 bits per heavy atom. The molecule has 1 aromatic carbocycles. The first-order valence-corrected chi connectivity index (χ1v) is 8.46. The second kappa shape index (κ2) is 6.48. The molecular weight excluding hydrogens is 314 g/mol. The van der Waals surface area contributed by atoms with Gasteiger partial charge in [0, 0.05) is 17.9 Å². The molecule has 0 bridgehead atoms. The molecule has 2 rings (SSSR count). The zero-order chi connectivity index (χ0) is 14.8. The smallest absolute Gasteiger partial charge is 0.133 e. The first kappa shape index (κ1) is 15.8. The van der Waals surface area contributed by atoms with Gasteiger partial charge < -0.3 is 10.1 Å². The van der Waals surface area contributed by atoms with Crippen molar-refractivity contribution >= 4 is 15.9 Å². The summed E-state index contributed by atoms with van der Waals surface area (Å²) in [6.07, 6.45) is 3.74. The van der Waals surface area contributed by atoms with Crippen LogP contribution in [0.2, 0.25) is 0 Å². The van der Waals surface area contributed by atoms with Crippen molar-refractivity contribution < 1.29 is 4.74 Å². The van der Waals surface area contributed by atoms with Gasteiger partial charge in [0.15, 0.2) is 0 Å². The highest BCUT2D eigenvalue weighted by molar-refractivity contribution is 9.10. The van der Waals surface area contributed by atoms with Crippen LogP contribution < -0.4 is 10.1 Å². The van der Waals surface area contributed by atoms with Crippen LogP contribution in [0.4, 0.5) is 0 Å². The van der Waals surface area contributed by atoms with Crippen molar-refractivity contribution in [3.05, 3.63) is 28.2 Å². The van der Waals surface area contributed by atoms with Gasteiger partial charge in [-0.1, -0.05) is 26.8 Å². The SMILES string of the molecule is CCCNC1CC(Oc2ccc(C)cc2Br)C1(C)CC. The van der Waals surface area contributed by atoms with Crippen molar-refractivity contribution in [1.29, 1.82) is 0 Å². The number of aryl methyl sites for hydroxylation is 1. The third-order valence-corrected chi connectivity index (χ3v) is 5.36. The number of hydrogen-bond donors (Lipinski definition) is 1. The molecule has 3 atom stereocenters. The Balaban J connectivity index is 2.03. The first-order chi connectivity index (χ1) is 9.51. The molecule has 1 aliphatic rings. The van der Waals surface area contributed by atoms with Crippen molar-refractivity contribution in [2.24, 2.45) is 5.41 Å². The summed E-state index contributed by atoms with van der Waals surface area (Å²) < 4.78 is 7.32. The Morgan fingerprint density at radius 1 is 1.40 bits per heavy atom. The summed E-state index contributed by atoms with van der Waals surface area (Å²) in [5.41, 5.74) is 1.48. The van der Waals surface area contributed by atoms with Gasteiger partial charge in [0.2, 0.25) is 0 Å². The van der Waals surface area contributed by atoms with E-state index in [9.17, 15) is 0 Å². The van der Waals surface area contributed by atoms with Gasteiger partial charge in [-0.25, -0.2) is 0 Å². The van der Waals surface area contributed by atoms with E-state index in [1.165, 1.54) is 12.0 Å². The van der Waals surface area contributed by atoms with E-state index in [0.717, 1.165) is 29.6 Å². The second-order valence-electron chi connectivity index (χ2n) is 6.14. The van der Waals surface area contributed by atoms with Crippen LogP contribution in [-0.2, 0) is 0 Å². The summed E-state index contributed by atoms with van der Waals surface area (Å²) >= 11 is 3.60. The number of nitrogens with one attached hydrogen (secondary N) is 1. The van der Waals surface area contributed by atoms with Crippen LogP contribution in [0.25, 0.3) is 0 Å². The molecule has 0 radical (unpaired) electrons. The molecule has 1 N–H and O–H groups in total. The summed E-state index contributed by atoms with van der Waals surface area (Å²) in [4.78, 5) is 0. The monoisotopic (exact) mass is 339 g/mol. The summed E-state index contributed by atoms with van der Waals surface area (Å²) in [6, 6.07) is 6.88. The lowest BCUT2D eigenvalue weighted by Crippen LogP contribution is -2.63. The molecule has 0 aliphatic heterocycles. The summed E-state index contributed by atoms with van der Waals surface area (Å²) in [5, 5.41) is 3.66. The molecule has 1 aromatic rings. The zero-order valence-corrected chi connectivity index (χ0v) is 14.6. The Labute approximate surface area is 131 Å². The van der Waals surface area contributed by atoms with E-state index in [-0.39, 0.29) is 5.41 Å². The van der Waals surface area contributed by atoms with Gasteiger partial charge in [-0.3, -0.25) is 0 Å². The van der Waals surface area contributed by atoms with E-state index < -0.39 is 0 Å². The van der Waals surface area contributed by atoms with Crippen LogP contribution in [-0.4, -0.2) is 18.7 Å². The van der Waals surface area contributed by atoms with E-state index in [0.29, 0.717) is 12.1 Å². The van der Waals surface area contributed by atoms with Crippen LogP contribution in [0, 0.1) is 12.3 Å². The lowest BCUT2D eigenvalue weighted by Gasteiger charge is -2.53. The predicted molar refractivity (Wildman–Crippen MR) is 88.4 cm³/mol. The molecule has 0 amide bonds. The molecular formula is C17H26BrNO. The highest BCUT2D eigenvalue weighted by Crippen LogP contribution is 2.46. The van der Waals surface area contributed by atoms with E-state index >= 15 is 0 Å². The molecule has 2 nitrogen and oxygen atoms in total.